The molecule has 0 aliphatic carbocycles. The standard InChI is InChI=1S/C11H9N5O/c1-7-13-11(16-17-7)10-5-9(14-15-10)8-3-2-4-12-6-8/h2-6H,1H3,(H,14,15). The van der Waals surface area contributed by atoms with Crippen molar-refractivity contribution in [1.82, 2.24) is 25.3 Å². The average molecular weight is 227 g/mol. The summed E-state index contributed by atoms with van der Waals surface area (Å²) in [4.78, 5) is 8.17. The summed E-state index contributed by atoms with van der Waals surface area (Å²) >= 11 is 0. The minimum atomic E-state index is 0.505. The third kappa shape index (κ3) is 1.80. The number of nitrogens with one attached hydrogen (secondary N) is 1. The average Bonchev–Trinajstić information content (AvgIpc) is 2.98. The molecule has 3 rings (SSSR count). The molecule has 0 unspecified atom stereocenters. The number of aromatic nitrogens is 5. The monoisotopic (exact) mass is 227 g/mol. The first kappa shape index (κ1) is 9.71. The molecule has 0 saturated heterocycles. The number of aromatic amines is 1. The molecule has 0 bridgehead atoms. The van der Waals surface area contributed by atoms with Gasteiger partial charge in [-0.15, -0.1) is 0 Å². The molecule has 0 atom stereocenters. The van der Waals surface area contributed by atoms with Gasteiger partial charge in [-0.05, 0) is 18.2 Å². The Morgan fingerprint density at radius 1 is 1.35 bits per heavy atom. The number of nitrogens with zero attached hydrogens (tertiary/aromatic N) is 4. The van der Waals surface area contributed by atoms with Crippen LogP contribution in [0.15, 0.2) is 35.1 Å². The van der Waals surface area contributed by atoms with E-state index in [0.717, 1.165) is 17.0 Å². The molecule has 0 aliphatic rings. The number of hydrogen-bond acceptors (Lipinski definition) is 5. The Morgan fingerprint density at radius 2 is 2.29 bits per heavy atom. The molecule has 0 aromatic carbocycles. The Morgan fingerprint density at radius 3 is 3.00 bits per heavy atom. The van der Waals surface area contributed by atoms with Crippen LogP contribution in [0.1, 0.15) is 5.89 Å². The van der Waals surface area contributed by atoms with E-state index < -0.39 is 0 Å². The lowest BCUT2D eigenvalue weighted by atomic mass is 10.2. The maximum absolute atomic E-state index is 4.91. The van der Waals surface area contributed by atoms with Gasteiger partial charge in [0.25, 0.3) is 0 Å². The Hall–Kier alpha value is -2.50. The third-order valence-corrected chi connectivity index (χ3v) is 2.30. The second-order valence-electron chi connectivity index (χ2n) is 3.55. The quantitative estimate of drug-likeness (QED) is 0.722. The molecule has 17 heavy (non-hydrogen) atoms. The van der Waals surface area contributed by atoms with Crippen molar-refractivity contribution < 1.29 is 4.52 Å². The van der Waals surface area contributed by atoms with Crippen molar-refractivity contribution >= 4 is 0 Å². The maximum atomic E-state index is 4.91. The van der Waals surface area contributed by atoms with E-state index in [9.17, 15) is 0 Å². The van der Waals surface area contributed by atoms with Crippen molar-refractivity contribution in [1.29, 1.82) is 0 Å². The van der Waals surface area contributed by atoms with Gasteiger partial charge in [0.2, 0.25) is 11.7 Å². The molecule has 0 saturated carbocycles. The van der Waals surface area contributed by atoms with Crippen LogP contribution < -0.4 is 0 Å². The molecule has 3 aromatic heterocycles. The Labute approximate surface area is 96.7 Å². The summed E-state index contributed by atoms with van der Waals surface area (Å²) in [5.41, 5.74) is 2.46. The number of pyridine rings is 1. The summed E-state index contributed by atoms with van der Waals surface area (Å²) in [6.07, 6.45) is 3.47. The number of hydrogen-bond donors (Lipinski definition) is 1. The van der Waals surface area contributed by atoms with Crippen LogP contribution in [0, 0.1) is 6.92 Å². The van der Waals surface area contributed by atoms with E-state index in [-0.39, 0.29) is 0 Å². The molecule has 6 nitrogen and oxygen atoms in total. The second kappa shape index (κ2) is 3.82. The van der Waals surface area contributed by atoms with E-state index in [4.69, 9.17) is 4.52 Å². The zero-order valence-corrected chi connectivity index (χ0v) is 9.08. The molecule has 0 radical (unpaired) electrons. The summed E-state index contributed by atoms with van der Waals surface area (Å²) < 4.78 is 4.91. The SMILES string of the molecule is Cc1nc(-c2cc(-c3cccnc3)n[nH]2)no1. The van der Waals surface area contributed by atoms with Gasteiger partial charge in [-0.3, -0.25) is 10.1 Å². The molecular formula is C11H9N5O. The summed E-state index contributed by atoms with van der Waals surface area (Å²) in [6, 6.07) is 5.66. The molecule has 3 aromatic rings. The van der Waals surface area contributed by atoms with Gasteiger partial charge in [-0.25, -0.2) is 0 Å². The fourth-order valence-electron chi connectivity index (χ4n) is 1.51. The van der Waals surface area contributed by atoms with Gasteiger partial charge in [-0.2, -0.15) is 10.1 Å². The zero-order chi connectivity index (χ0) is 11.7. The molecule has 3 heterocycles. The highest BCUT2D eigenvalue weighted by Gasteiger charge is 2.10. The van der Waals surface area contributed by atoms with E-state index >= 15 is 0 Å². The van der Waals surface area contributed by atoms with Crippen LogP contribution >= 0.6 is 0 Å². The second-order valence-corrected chi connectivity index (χ2v) is 3.55. The first-order chi connectivity index (χ1) is 8.33. The Kier molecular flexibility index (Phi) is 2.18. The molecule has 0 amide bonds. The van der Waals surface area contributed by atoms with Gasteiger partial charge in [0, 0.05) is 24.9 Å². The Balaban J connectivity index is 1.99. The predicted octanol–water partition coefficient (Wildman–Crippen LogP) is 1.83. The first-order valence-electron chi connectivity index (χ1n) is 5.09. The van der Waals surface area contributed by atoms with Crippen molar-refractivity contribution in [2.75, 3.05) is 0 Å². The highest BCUT2D eigenvalue weighted by Crippen LogP contribution is 2.20. The molecule has 0 fully saturated rings. The van der Waals surface area contributed by atoms with Crippen molar-refractivity contribution in [2.45, 2.75) is 6.92 Å². The van der Waals surface area contributed by atoms with E-state index in [1.54, 1.807) is 19.3 Å². The van der Waals surface area contributed by atoms with Gasteiger partial charge in [0.15, 0.2) is 0 Å². The van der Waals surface area contributed by atoms with E-state index in [1.165, 1.54) is 0 Å². The molecular weight excluding hydrogens is 218 g/mol. The van der Waals surface area contributed by atoms with Gasteiger partial charge in [0.05, 0.1) is 5.69 Å². The fourth-order valence-corrected chi connectivity index (χ4v) is 1.51. The van der Waals surface area contributed by atoms with Gasteiger partial charge in [0.1, 0.15) is 5.69 Å². The molecule has 0 spiro atoms. The minimum Gasteiger partial charge on any atom is -0.339 e. The lowest BCUT2D eigenvalue weighted by molar-refractivity contribution is 0.394. The number of aryl methyl sites for hydroxylation is 1. The summed E-state index contributed by atoms with van der Waals surface area (Å²) in [6.45, 7) is 1.74. The van der Waals surface area contributed by atoms with Crippen LogP contribution in [0.4, 0.5) is 0 Å². The van der Waals surface area contributed by atoms with Crippen molar-refractivity contribution in [3.05, 3.63) is 36.5 Å². The lowest BCUT2D eigenvalue weighted by Gasteiger charge is -1.91. The highest BCUT2D eigenvalue weighted by atomic mass is 16.5. The first-order valence-corrected chi connectivity index (χ1v) is 5.09. The normalized spacial score (nSPS) is 10.6. The summed E-state index contributed by atoms with van der Waals surface area (Å²) in [7, 11) is 0. The molecule has 6 heteroatoms. The van der Waals surface area contributed by atoms with Crippen LogP contribution in [-0.2, 0) is 0 Å². The van der Waals surface area contributed by atoms with Gasteiger partial charge < -0.3 is 4.52 Å². The molecule has 0 aliphatic heterocycles. The Bertz CT molecular complexity index is 628. The van der Waals surface area contributed by atoms with Crippen LogP contribution in [0.2, 0.25) is 0 Å². The molecule has 84 valence electrons. The maximum Gasteiger partial charge on any atom is 0.223 e. The number of rotatable bonds is 2. The van der Waals surface area contributed by atoms with Crippen molar-refractivity contribution in [2.24, 2.45) is 0 Å². The van der Waals surface area contributed by atoms with Crippen LogP contribution in [-0.4, -0.2) is 25.3 Å². The summed E-state index contributed by atoms with van der Waals surface area (Å²) in [5, 5.41) is 10.9. The smallest absolute Gasteiger partial charge is 0.223 e. The lowest BCUT2D eigenvalue weighted by Crippen LogP contribution is -1.79. The molecule has 1 N–H and O–H groups in total. The number of H-pyrrole nitrogens is 1. The van der Waals surface area contributed by atoms with Crippen molar-refractivity contribution in [3.63, 3.8) is 0 Å². The minimum absolute atomic E-state index is 0.505. The van der Waals surface area contributed by atoms with E-state index in [2.05, 4.69) is 25.3 Å². The van der Waals surface area contributed by atoms with E-state index in [0.29, 0.717) is 11.7 Å². The summed E-state index contributed by atoms with van der Waals surface area (Å²) in [5.74, 6) is 1.03. The predicted molar refractivity (Wildman–Crippen MR) is 59.8 cm³/mol. The van der Waals surface area contributed by atoms with Crippen LogP contribution in [0.25, 0.3) is 22.8 Å². The highest BCUT2D eigenvalue weighted by molar-refractivity contribution is 5.63. The van der Waals surface area contributed by atoms with Gasteiger partial charge in [-0.1, -0.05) is 5.16 Å². The fraction of sp³-hybridized carbons (Fsp3) is 0.0909. The topological polar surface area (TPSA) is 80.5 Å². The van der Waals surface area contributed by atoms with E-state index in [1.807, 2.05) is 18.2 Å². The van der Waals surface area contributed by atoms with Gasteiger partial charge >= 0.3 is 0 Å². The van der Waals surface area contributed by atoms with Crippen molar-refractivity contribution in [3.8, 4) is 22.8 Å². The zero-order valence-electron chi connectivity index (χ0n) is 9.08. The largest absolute Gasteiger partial charge is 0.339 e. The van der Waals surface area contributed by atoms with Crippen LogP contribution in [0.3, 0.4) is 0 Å². The van der Waals surface area contributed by atoms with Crippen LogP contribution in [0.5, 0.6) is 0 Å². The third-order valence-electron chi connectivity index (χ3n) is 2.30.